The van der Waals surface area contributed by atoms with E-state index in [0.29, 0.717) is 47.9 Å². The number of carbonyl (C=O) groups is 1. The fourth-order valence-corrected chi connectivity index (χ4v) is 5.18. The van der Waals surface area contributed by atoms with Gasteiger partial charge < -0.3 is 14.9 Å². The standard InChI is InChI=1S/C26H26ClFN2O4S/c1-17(31)22-9-7-20(15-25(22)27)29-11-13-30(14-12-29)26(32)24-16-21(35(2,33)34)8-10-23(24)18-3-5-19(28)6-4-18/h3-10,15-17,31H,11-14H2,1-2H3. The summed E-state index contributed by atoms with van der Waals surface area (Å²) < 4.78 is 37.8. The predicted molar refractivity (Wildman–Crippen MR) is 135 cm³/mol. The Hall–Kier alpha value is -2.94. The van der Waals surface area contributed by atoms with Crippen molar-refractivity contribution < 1.29 is 22.7 Å². The molecule has 4 rings (SSSR count). The fraction of sp³-hybridized carbons (Fsp3) is 0.269. The third-order valence-electron chi connectivity index (χ3n) is 6.17. The highest BCUT2D eigenvalue weighted by Crippen LogP contribution is 2.30. The van der Waals surface area contributed by atoms with E-state index in [1.807, 2.05) is 12.1 Å². The molecule has 1 aliphatic heterocycles. The van der Waals surface area contributed by atoms with Crippen molar-refractivity contribution in [3.63, 3.8) is 0 Å². The van der Waals surface area contributed by atoms with E-state index in [9.17, 15) is 22.7 Å². The number of aliphatic hydroxyl groups excluding tert-OH is 1. The van der Waals surface area contributed by atoms with Gasteiger partial charge in [-0.1, -0.05) is 35.9 Å². The Morgan fingerprint density at radius 2 is 1.66 bits per heavy atom. The summed E-state index contributed by atoms with van der Waals surface area (Å²) in [5.74, 6) is -0.677. The molecule has 1 aliphatic rings. The minimum absolute atomic E-state index is 0.0539. The first-order chi connectivity index (χ1) is 16.5. The molecular formula is C26H26ClFN2O4S. The molecule has 1 N–H and O–H groups in total. The normalized spacial score (nSPS) is 15.2. The molecule has 35 heavy (non-hydrogen) atoms. The Labute approximate surface area is 209 Å². The number of piperazine rings is 1. The Balaban J connectivity index is 1.59. The van der Waals surface area contributed by atoms with Gasteiger partial charge in [-0.25, -0.2) is 12.8 Å². The summed E-state index contributed by atoms with van der Waals surface area (Å²) >= 11 is 6.32. The molecule has 6 nitrogen and oxygen atoms in total. The van der Waals surface area contributed by atoms with Crippen LogP contribution in [0, 0.1) is 5.82 Å². The van der Waals surface area contributed by atoms with E-state index in [2.05, 4.69) is 4.90 Å². The maximum atomic E-state index is 13.5. The largest absolute Gasteiger partial charge is 0.389 e. The van der Waals surface area contributed by atoms with Gasteiger partial charge in [-0.05, 0) is 60.0 Å². The highest BCUT2D eigenvalue weighted by molar-refractivity contribution is 7.90. The van der Waals surface area contributed by atoms with Gasteiger partial charge in [0.15, 0.2) is 9.84 Å². The molecule has 184 valence electrons. The summed E-state index contributed by atoms with van der Waals surface area (Å²) in [7, 11) is -3.52. The number of halogens is 2. The number of aliphatic hydroxyl groups is 1. The molecule has 1 amide bonds. The molecule has 1 saturated heterocycles. The molecule has 0 spiro atoms. The number of sulfone groups is 1. The molecule has 0 radical (unpaired) electrons. The topological polar surface area (TPSA) is 77.9 Å². The van der Waals surface area contributed by atoms with E-state index in [0.717, 1.165) is 11.9 Å². The number of amides is 1. The van der Waals surface area contributed by atoms with Crippen LogP contribution in [0.15, 0.2) is 65.6 Å². The van der Waals surface area contributed by atoms with Crippen molar-refractivity contribution >= 4 is 33.0 Å². The van der Waals surface area contributed by atoms with Crippen molar-refractivity contribution in [1.29, 1.82) is 0 Å². The lowest BCUT2D eigenvalue weighted by molar-refractivity contribution is 0.0747. The van der Waals surface area contributed by atoms with Crippen LogP contribution in [-0.2, 0) is 9.84 Å². The molecule has 9 heteroatoms. The van der Waals surface area contributed by atoms with Crippen molar-refractivity contribution in [2.45, 2.75) is 17.9 Å². The summed E-state index contributed by atoms with van der Waals surface area (Å²) in [4.78, 5) is 17.4. The monoisotopic (exact) mass is 516 g/mol. The van der Waals surface area contributed by atoms with E-state index in [1.165, 1.54) is 24.3 Å². The number of benzene rings is 3. The van der Waals surface area contributed by atoms with E-state index in [-0.39, 0.29) is 16.4 Å². The second-order valence-corrected chi connectivity index (χ2v) is 11.1. The molecule has 0 aromatic heterocycles. The maximum absolute atomic E-state index is 13.5. The van der Waals surface area contributed by atoms with Crippen LogP contribution >= 0.6 is 11.6 Å². The minimum Gasteiger partial charge on any atom is -0.389 e. The van der Waals surface area contributed by atoms with Crippen LogP contribution in [0.25, 0.3) is 11.1 Å². The van der Waals surface area contributed by atoms with Crippen molar-refractivity contribution in [2.75, 3.05) is 37.3 Å². The lowest BCUT2D eigenvalue weighted by atomic mass is 9.98. The van der Waals surface area contributed by atoms with E-state index >= 15 is 0 Å². The number of anilines is 1. The molecule has 1 unspecified atom stereocenters. The summed E-state index contributed by atoms with van der Waals surface area (Å²) in [5.41, 5.74) is 2.99. The molecule has 1 atom stereocenters. The number of hydrogen-bond acceptors (Lipinski definition) is 5. The summed E-state index contributed by atoms with van der Waals surface area (Å²) in [6, 6.07) is 15.7. The van der Waals surface area contributed by atoms with E-state index in [4.69, 9.17) is 11.6 Å². The third-order valence-corrected chi connectivity index (χ3v) is 7.61. The molecule has 1 fully saturated rings. The van der Waals surface area contributed by atoms with Gasteiger partial charge >= 0.3 is 0 Å². The van der Waals surface area contributed by atoms with Gasteiger partial charge in [-0.2, -0.15) is 0 Å². The van der Waals surface area contributed by atoms with Crippen molar-refractivity contribution in [3.8, 4) is 11.1 Å². The highest BCUT2D eigenvalue weighted by Gasteiger charge is 2.26. The molecule has 1 heterocycles. The summed E-state index contributed by atoms with van der Waals surface area (Å²) in [5, 5.41) is 10.3. The zero-order valence-electron chi connectivity index (χ0n) is 19.4. The average Bonchev–Trinajstić information content (AvgIpc) is 2.83. The van der Waals surface area contributed by atoms with Gasteiger partial charge in [-0.3, -0.25) is 4.79 Å². The SMILES string of the molecule is CC(O)c1ccc(N2CCN(C(=O)c3cc(S(C)(=O)=O)ccc3-c3ccc(F)cc3)CC2)cc1Cl. The second kappa shape index (κ2) is 9.97. The highest BCUT2D eigenvalue weighted by atomic mass is 35.5. The first kappa shape index (κ1) is 25.2. The number of hydrogen-bond donors (Lipinski definition) is 1. The third kappa shape index (κ3) is 5.50. The van der Waals surface area contributed by atoms with Crippen LogP contribution in [-0.4, -0.2) is 56.8 Å². The molecular weight excluding hydrogens is 491 g/mol. The van der Waals surface area contributed by atoms with Gasteiger partial charge in [0, 0.05) is 48.7 Å². The zero-order chi connectivity index (χ0) is 25.3. The lowest BCUT2D eigenvalue weighted by Gasteiger charge is -2.36. The Bertz CT molecular complexity index is 1350. The molecule has 0 bridgehead atoms. The Kier molecular flexibility index (Phi) is 7.17. The van der Waals surface area contributed by atoms with Crippen molar-refractivity contribution in [2.24, 2.45) is 0 Å². The van der Waals surface area contributed by atoms with Crippen LogP contribution in [0.4, 0.5) is 10.1 Å². The molecule has 3 aromatic carbocycles. The van der Waals surface area contributed by atoms with Crippen LogP contribution in [0.2, 0.25) is 5.02 Å². The summed E-state index contributed by atoms with van der Waals surface area (Å²) in [6.45, 7) is 3.65. The quantitative estimate of drug-likeness (QED) is 0.537. The van der Waals surface area contributed by atoms with E-state index in [1.54, 1.807) is 36.1 Å². The van der Waals surface area contributed by atoms with Crippen molar-refractivity contribution in [1.82, 2.24) is 4.90 Å². The molecule has 0 saturated carbocycles. The average molecular weight is 517 g/mol. The Morgan fingerprint density at radius 1 is 1.00 bits per heavy atom. The first-order valence-electron chi connectivity index (χ1n) is 11.2. The summed E-state index contributed by atoms with van der Waals surface area (Å²) in [6.07, 6.45) is 0.435. The van der Waals surface area contributed by atoms with Gasteiger partial charge in [0.2, 0.25) is 0 Å². The number of rotatable bonds is 5. The van der Waals surface area contributed by atoms with Crippen LogP contribution < -0.4 is 4.90 Å². The Morgan fingerprint density at radius 3 is 2.23 bits per heavy atom. The maximum Gasteiger partial charge on any atom is 0.254 e. The first-order valence-corrected chi connectivity index (χ1v) is 13.4. The van der Waals surface area contributed by atoms with Crippen LogP contribution in [0.3, 0.4) is 0 Å². The lowest BCUT2D eigenvalue weighted by Crippen LogP contribution is -2.49. The molecule has 3 aromatic rings. The second-order valence-electron chi connectivity index (χ2n) is 8.65. The van der Waals surface area contributed by atoms with Gasteiger partial charge in [0.05, 0.1) is 11.0 Å². The fourth-order valence-electron chi connectivity index (χ4n) is 4.20. The zero-order valence-corrected chi connectivity index (χ0v) is 21.0. The van der Waals surface area contributed by atoms with Crippen LogP contribution in [0.1, 0.15) is 28.9 Å². The van der Waals surface area contributed by atoms with E-state index < -0.39 is 21.8 Å². The van der Waals surface area contributed by atoms with Gasteiger partial charge in [0.1, 0.15) is 5.82 Å². The van der Waals surface area contributed by atoms with Gasteiger partial charge in [-0.15, -0.1) is 0 Å². The smallest absolute Gasteiger partial charge is 0.254 e. The van der Waals surface area contributed by atoms with Crippen LogP contribution in [0.5, 0.6) is 0 Å². The predicted octanol–water partition coefficient (Wildman–Crippen LogP) is 4.57. The number of nitrogens with zero attached hydrogens (tertiary/aromatic N) is 2. The van der Waals surface area contributed by atoms with Crippen molar-refractivity contribution in [3.05, 3.63) is 82.6 Å². The number of carbonyl (C=O) groups excluding carboxylic acids is 1. The molecule has 0 aliphatic carbocycles. The van der Waals surface area contributed by atoms with Gasteiger partial charge in [0.25, 0.3) is 5.91 Å². The minimum atomic E-state index is -3.52.